The molecule has 0 saturated heterocycles. The number of benzene rings is 10. The largest absolute Gasteiger partial charge is 0.309 e. The molecule has 294 valence electrons. The molecule has 1 spiro atoms. The van der Waals surface area contributed by atoms with Gasteiger partial charge in [0.2, 0.25) is 0 Å². The van der Waals surface area contributed by atoms with E-state index >= 15 is 0 Å². The minimum absolute atomic E-state index is 0.454. The lowest BCUT2D eigenvalue weighted by Gasteiger charge is -2.32. The molecule has 0 bridgehead atoms. The van der Waals surface area contributed by atoms with E-state index in [0.29, 0.717) is 0 Å². The van der Waals surface area contributed by atoms with Gasteiger partial charge in [0, 0.05) is 27.7 Å². The van der Waals surface area contributed by atoms with Crippen molar-refractivity contribution in [2.24, 2.45) is 0 Å². The van der Waals surface area contributed by atoms with Crippen molar-refractivity contribution in [2.45, 2.75) is 5.41 Å². The maximum atomic E-state index is 4.46. The number of rotatable bonds is 6. The molecule has 1 heterocycles. The first-order valence-corrected chi connectivity index (χ1v) is 21.6. The van der Waals surface area contributed by atoms with Crippen LogP contribution in [0.2, 0.25) is 0 Å². The molecule has 0 aliphatic heterocycles. The average Bonchev–Trinajstić information content (AvgIpc) is 3.83. The maximum Gasteiger partial charge on any atom is 0.115 e. The van der Waals surface area contributed by atoms with Crippen molar-refractivity contribution in [3.63, 3.8) is 0 Å². The van der Waals surface area contributed by atoms with E-state index in [1.165, 1.54) is 71.4 Å². The third-order valence-corrected chi connectivity index (χ3v) is 13.4. The number of hydrogen-bond donors (Lipinski definition) is 0. The molecule has 0 N–H and O–H groups in total. The zero-order chi connectivity index (χ0) is 41.5. The molecule has 0 atom stereocenters. The SMILES string of the molecule is c1ccc(N(c2cncnc2)c2cc3c4ccccc4c(N(c4ccccc4)c4cccc5c4-c4ccccc4C54c5ccccc5-c5ccccc54)cc3c3ccccc23)cc1. The molecule has 0 unspecified atom stereocenters. The van der Waals surface area contributed by atoms with Crippen molar-refractivity contribution in [1.82, 2.24) is 9.97 Å². The van der Waals surface area contributed by atoms with Gasteiger partial charge in [0.15, 0.2) is 0 Å². The lowest BCUT2D eigenvalue weighted by Crippen LogP contribution is -2.26. The summed E-state index contributed by atoms with van der Waals surface area (Å²) in [6.45, 7) is 0. The van der Waals surface area contributed by atoms with Gasteiger partial charge in [-0.1, -0.05) is 170 Å². The van der Waals surface area contributed by atoms with Crippen LogP contribution in [0.3, 0.4) is 0 Å². The molecule has 4 nitrogen and oxygen atoms in total. The number of fused-ring (bicyclic) bond motifs is 15. The lowest BCUT2D eigenvalue weighted by atomic mass is 9.70. The predicted octanol–water partition coefficient (Wildman–Crippen LogP) is 15.2. The summed E-state index contributed by atoms with van der Waals surface area (Å²) in [5.41, 5.74) is 16.4. The number of aromatic nitrogens is 2. The minimum atomic E-state index is -0.454. The summed E-state index contributed by atoms with van der Waals surface area (Å²) in [5, 5.41) is 7.02. The summed E-state index contributed by atoms with van der Waals surface area (Å²) < 4.78 is 0. The van der Waals surface area contributed by atoms with Crippen molar-refractivity contribution in [2.75, 3.05) is 9.80 Å². The van der Waals surface area contributed by atoms with E-state index in [9.17, 15) is 0 Å². The first-order valence-electron chi connectivity index (χ1n) is 21.6. The molecule has 0 amide bonds. The highest BCUT2D eigenvalue weighted by Crippen LogP contribution is 2.65. The molecule has 4 heteroatoms. The highest BCUT2D eigenvalue weighted by atomic mass is 15.2. The van der Waals surface area contributed by atoms with Gasteiger partial charge in [-0.05, 0) is 103 Å². The molecular formula is C59H38N4. The minimum Gasteiger partial charge on any atom is -0.309 e. The molecule has 0 saturated carbocycles. The van der Waals surface area contributed by atoms with Crippen molar-refractivity contribution >= 4 is 66.4 Å². The van der Waals surface area contributed by atoms with Crippen LogP contribution in [0, 0.1) is 0 Å². The molecule has 2 aliphatic rings. The molecule has 63 heavy (non-hydrogen) atoms. The van der Waals surface area contributed by atoms with Gasteiger partial charge in [-0.3, -0.25) is 0 Å². The van der Waals surface area contributed by atoms with E-state index in [1.54, 1.807) is 6.33 Å². The van der Waals surface area contributed by atoms with E-state index in [4.69, 9.17) is 0 Å². The van der Waals surface area contributed by atoms with E-state index in [-0.39, 0.29) is 0 Å². The van der Waals surface area contributed by atoms with Crippen molar-refractivity contribution < 1.29 is 0 Å². The van der Waals surface area contributed by atoms with Crippen LogP contribution in [0.15, 0.2) is 231 Å². The van der Waals surface area contributed by atoms with E-state index in [0.717, 1.165) is 39.5 Å². The Morgan fingerprint density at radius 2 is 0.730 bits per heavy atom. The van der Waals surface area contributed by atoms with Gasteiger partial charge < -0.3 is 9.80 Å². The van der Waals surface area contributed by atoms with Crippen molar-refractivity contribution in [1.29, 1.82) is 0 Å². The second-order valence-corrected chi connectivity index (χ2v) is 16.5. The van der Waals surface area contributed by atoms with Gasteiger partial charge in [-0.2, -0.15) is 0 Å². The zero-order valence-electron chi connectivity index (χ0n) is 34.2. The van der Waals surface area contributed by atoms with Crippen LogP contribution in [0.4, 0.5) is 34.1 Å². The van der Waals surface area contributed by atoms with Crippen LogP contribution in [0.5, 0.6) is 0 Å². The van der Waals surface area contributed by atoms with E-state index < -0.39 is 5.41 Å². The Balaban J connectivity index is 1.12. The smallest absolute Gasteiger partial charge is 0.115 e. The molecule has 0 radical (unpaired) electrons. The van der Waals surface area contributed by atoms with Gasteiger partial charge in [-0.15, -0.1) is 0 Å². The fourth-order valence-corrected chi connectivity index (χ4v) is 11.0. The van der Waals surface area contributed by atoms with Crippen LogP contribution in [-0.2, 0) is 5.41 Å². The topological polar surface area (TPSA) is 32.3 Å². The Labute approximate surface area is 365 Å². The zero-order valence-corrected chi connectivity index (χ0v) is 34.2. The second-order valence-electron chi connectivity index (χ2n) is 16.5. The molecule has 0 fully saturated rings. The molecule has 13 rings (SSSR count). The average molecular weight is 803 g/mol. The van der Waals surface area contributed by atoms with Crippen LogP contribution >= 0.6 is 0 Å². The molecular weight excluding hydrogens is 765 g/mol. The Hall–Kier alpha value is -8.34. The molecule has 11 aromatic rings. The third-order valence-electron chi connectivity index (χ3n) is 13.4. The molecule has 1 aromatic heterocycles. The first-order chi connectivity index (χ1) is 31.3. The standard InChI is InChI=1S/C59H38N4/c1-3-18-39(19-4-1)62(41-36-60-38-61-37-41)56-34-49-43-23-8-10-27-47(43)57(35-50(49)42-22-7-9-26-46(42)56)63(40-20-5-2-6-21-40)55-33-17-32-54-58(55)48-28-13-16-31-53(48)59(54)51-29-14-11-24-44(51)45-25-12-15-30-52(45)59/h1-38H. The Morgan fingerprint density at radius 1 is 0.302 bits per heavy atom. The van der Waals surface area contributed by atoms with E-state index in [1.807, 2.05) is 12.4 Å². The predicted molar refractivity (Wildman–Crippen MR) is 260 cm³/mol. The normalized spacial score (nSPS) is 12.9. The molecule has 2 aliphatic carbocycles. The fourth-order valence-electron chi connectivity index (χ4n) is 11.0. The second kappa shape index (κ2) is 13.8. The maximum absolute atomic E-state index is 4.46. The van der Waals surface area contributed by atoms with Crippen LogP contribution in [0.25, 0.3) is 54.6 Å². The van der Waals surface area contributed by atoms with Gasteiger partial charge in [0.05, 0.1) is 40.6 Å². The Kier molecular flexibility index (Phi) is 7.79. The number of hydrogen-bond acceptors (Lipinski definition) is 4. The van der Waals surface area contributed by atoms with Gasteiger partial charge >= 0.3 is 0 Å². The number of nitrogens with zero attached hydrogens (tertiary/aromatic N) is 4. The van der Waals surface area contributed by atoms with Crippen LogP contribution < -0.4 is 9.80 Å². The fraction of sp³-hybridized carbons (Fsp3) is 0.0169. The molecule has 10 aromatic carbocycles. The van der Waals surface area contributed by atoms with Crippen molar-refractivity contribution in [3.8, 4) is 22.3 Å². The van der Waals surface area contributed by atoms with Crippen LogP contribution in [-0.4, -0.2) is 9.97 Å². The van der Waals surface area contributed by atoms with Gasteiger partial charge in [0.1, 0.15) is 6.33 Å². The third kappa shape index (κ3) is 5.03. The quantitative estimate of drug-likeness (QED) is 0.157. The highest BCUT2D eigenvalue weighted by Gasteiger charge is 2.52. The summed E-state index contributed by atoms with van der Waals surface area (Å²) in [6.07, 6.45) is 5.37. The summed E-state index contributed by atoms with van der Waals surface area (Å²) in [6, 6.07) is 78.1. The van der Waals surface area contributed by atoms with Gasteiger partial charge in [0.25, 0.3) is 0 Å². The summed E-state index contributed by atoms with van der Waals surface area (Å²) in [4.78, 5) is 13.7. The van der Waals surface area contributed by atoms with Gasteiger partial charge in [-0.25, -0.2) is 9.97 Å². The first kappa shape index (κ1) is 35.4. The van der Waals surface area contributed by atoms with Crippen molar-refractivity contribution in [3.05, 3.63) is 253 Å². The van der Waals surface area contributed by atoms with E-state index in [2.05, 4.69) is 232 Å². The summed E-state index contributed by atoms with van der Waals surface area (Å²) >= 11 is 0. The van der Waals surface area contributed by atoms with Crippen LogP contribution in [0.1, 0.15) is 22.3 Å². The lowest BCUT2D eigenvalue weighted by molar-refractivity contribution is 0.794. The monoisotopic (exact) mass is 802 g/mol. The number of para-hydroxylation sites is 2. The Bertz CT molecular complexity index is 3500. The number of anilines is 6. The highest BCUT2D eigenvalue weighted by molar-refractivity contribution is 6.25. The summed E-state index contributed by atoms with van der Waals surface area (Å²) in [7, 11) is 0. The Morgan fingerprint density at radius 3 is 1.30 bits per heavy atom. The summed E-state index contributed by atoms with van der Waals surface area (Å²) in [5.74, 6) is 0.